The molecule has 0 fully saturated rings. The summed E-state index contributed by atoms with van der Waals surface area (Å²) in [5.41, 5.74) is 3.47. The number of hydrogen-bond donors (Lipinski definition) is 1. The molecule has 0 bridgehead atoms. The average Bonchev–Trinajstić information content (AvgIpc) is 2.81. The van der Waals surface area contributed by atoms with Crippen LogP contribution in [0.1, 0.15) is 24.6 Å². The molecule has 1 aromatic carbocycles. The number of nitrogens with zero attached hydrogens (tertiary/aromatic N) is 2. The Morgan fingerprint density at radius 2 is 2.00 bits per heavy atom. The summed E-state index contributed by atoms with van der Waals surface area (Å²) >= 11 is 0. The number of methoxy groups -OCH3 is 1. The molecule has 1 aromatic heterocycles. The number of hydrogen-bond acceptors (Lipinski definition) is 3. The molecule has 4 nitrogen and oxygen atoms in total. The summed E-state index contributed by atoms with van der Waals surface area (Å²) in [6.45, 7) is 6.17. The molecular weight excluding hydrogens is 238 g/mol. The van der Waals surface area contributed by atoms with Gasteiger partial charge in [-0.3, -0.25) is 0 Å². The first-order valence-corrected chi connectivity index (χ1v) is 6.65. The fourth-order valence-corrected chi connectivity index (χ4v) is 2.00. The Hall–Kier alpha value is -1.81. The second-order valence-electron chi connectivity index (χ2n) is 4.54. The Morgan fingerprint density at radius 1 is 1.26 bits per heavy atom. The molecule has 0 unspecified atom stereocenters. The summed E-state index contributed by atoms with van der Waals surface area (Å²) in [4.78, 5) is 0. The smallest absolute Gasteiger partial charge is 0.119 e. The Bertz CT molecular complexity index is 517. The molecule has 1 heterocycles. The highest BCUT2D eigenvalue weighted by Gasteiger charge is 2.07. The van der Waals surface area contributed by atoms with E-state index in [0.29, 0.717) is 0 Å². The SMILES string of the molecule is CCCNCc1cnn(-c2ccc(OC)cc2)c1C. The lowest BCUT2D eigenvalue weighted by Gasteiger charge is -2.07. The van der Waals surface area contributed by atoms with Gasteiger partial charge in [0.15, 0.2) is 0 Å². The minimum atomic E-state index is 0.860. The highest BCUT2D eigenvalue weighted by Crippen LogP contribution is 2.17. The second-order valence-corrected chi connectivity index (χ2v) is 4.54. The van der Waals surface area contributed by atoms with E-state index in [-0.39, 0.29) is 0 Å². The van der Waals surface area contributed by atoms with E-state index in [0.717, 1.165) is 30.9 Å². The van der Waals surface area contributed by atoms with Gasteiger partial charge in [-0.25, -0.2) is 4.68 Å². The van der Waals surface area contributed by atoms with Crippen LogP contribution in [0.15, 0.2) is 30.5 Å². The molecule has 0 saturated heterocycles. The van der Waals surface area contributed by atoms with Gasteiger partial charge in [-0.15, -0.1) is 0 Å². The number of nitrogens with one attached hydrogen (secondary N) is 1. The van der Waals surface area contributed by atoms with E-state index < -0.39 is 0 Å². The van der Waals surface area contributed by atoms with Crippen LogP contribution in [0.5, 0.6) is 5.75 Å². The van der Waals surface area contributed by atoms with Crippen LogP contribution in [-0.2, 0) is 6.54 Å². The van der Waals surface area contributed by atoms with Gasteiger partial charge in [0.25, 0.3) is 0 Å². The van der Waals surface area contributed by atoms with E-state index >= 15 is 0 Å². The molecule has 0 saturated carbocycles. The first-order chi connectivity index (χ1) is 9.26. The molecule has 1 N–H and O–H groups in total. The molecule has 0 amide bonds. The van der Waals surface area contributed by atoms with Gasteiger partial charge in [0, 0.05) is 17.8 Å². The highest BCUT2D eigenvalue weighted by atomic mass is 16.5. The van der Waals surface area contributed by atoms with Crippen LogP contribution in [-0.4, -0.2) is 23.4 Å². The zero-order valence-electron chi connectivity index (χ0n) is 11.8. The van der Waals surface area contributed by atoms with Crippen LogP contribution in [0, 0.1) is 6.92 Å². The van der Waals surface area contributed by atoms with Crippen LogP contribution in [0.4, 0.5) is 0 Å². The van der Waals surface area contributed by atoms with E-state index in [2.05, 4.69) is 24.3 Å². The lowest BCUT2D eigenvalue weighted by molar-refractivity contribution is 0.414. The Morgan fingerprint density at radius 3 is 2.63 bits per heavy atom. The minimum absolute atomic E-state index is 0.860. The van der Waals surface area contributed by atoms with E-state index in [1.807, 2.05) is 35.1 Å². The van der Waals surface area contributed by atoms with Crippen LogP contribution in [0.3, 0.4) is 0 Å². The molecule has 19 heavy (non-hydrogen) atoms. The van der Waals surface area contributed by atoms with Crippen molar-refractivity contribution in [2.24, 2.45) is 0 Å². The highest BCUT2D eigenvalue weighted by molar-refractivity contribution is 5.39. The summed E-state index contributed by atoms with van der Waals surface area (Å²) < 4.78 is 7.13. The maximum absolute atomic E-state index is 5.17. The number of rotatable bonds is 6. The van der Waals surface area contributed by atoms with Crippen molar-refractivity contribution in [3.63, 3.8) is 0 Å². The van der Waals surface area contributed by atoms with Gasteiger partial charge < -0.3 is 10.1 Å². The van der Waals surface area contributed by atoms with Gasteiger partial charge in [-0.2, -0.15) is 5.10 Å². The summed E-state index contributed by atoms with van der Waals surface area (Å²) in [6, 6.07) is 7.93. The minimum Gasteiger partial charge on any atom is -0.497 e. The van der Waals surface area contributed by atoms with Crippen molar-refractivity contribution in [2.45, 2.75) is 26.8 Å². The fraction of sp³-hybridized carbons (Fsp3) is 0.400. The van der Waals surface area contributed by atoms with Crippen molar-refractivity contribution in [2.75, 3.05) is 13.7 Å². The quantitative estimate of drug-likeness (QED) is 0.811. The van der Waals surface area contributed by atoms with E-state index in [9.17, 15) is 0 Å². The average molecular weight is 259 g/mol. The van der Waals surface area contributed by atoms with Gasteiger partial charge >= 0.3 is 0 Å². The molecule has 2 aromatic rings. The predicted octanol–water partition coefficient (Wildman–Crippen LogP) is 2.69. The molecule has 0 aliphatic carbocycles. The van der Waals surface area contributed by atoms with Gasteiger partial charge in [-0.05, 0) is 44.2 Å². The van der Waals surface area contributed by atoms with Crippen molar-refractivity contribution in [1.82, 2.24) is 15.1 Å². The first-order valence-electron chi connectivity index (χ1n) is 6.65. The molecule has 102 valence electrons. The predicted molar refractivity (Wildman–Crippen MR) is 76.9 cm³/mol. The van der Waals surface area contributed by atoms with Crippen molar-refractivity contribution < 1.29 is 4.74 Å². The van der Waals surface area contributed by atoms with Crippen LogP contribution in [0.25, 0.3) is 5.69 Å². The molecular formula is C15H21N3O. The van der Waals surface area contributed by atoms with Crippen LogP contribution < -0.4 is 10.1 Å². The van der Waals surface area contributed by atoms with Crippen molar-refractivity contribution in [1.29, 1.82) is 0 Å². The zero-order chi connectivity index (χ0) is 13.7. The lowest BCUT2D eigenvalue weighted by atomic mass is 10.2. The van der Waals surface area contributed by atoms with Crippen molar-refractivity contribution in [3.05, 3.63) is 41.7 Å². The molecule has 4 heteroatoms. The van der Waals surface area contributed by atoms with Crippen molar-refractivity contribution >= 4 is 0 Å². The maximum atomic E-state index is 5.17. The molecule has 0 spiro atoms. The molecule has 0 atom stereocenters. The van der Waals surface area contributed by atoms with Crippen LogP contribution in [0.2, 0.25) is 0 Å². The zero-order valence-corrected chi connectivity index (χ0v) is 11.8. The second kappa shape index (κ2) is 6.38. The first kappa shape index (κ1) is 13.6. The van der Waals surface area contributed by atoms with E-state index in [1.54, 1.807) is 7.11 Å². The molecule has 0 aliphatic heterocycles. The standard InChI is InChI=1S/C15H21N3O/c1-4-9-16-10-13-11-17-18(12(13)2)14-5-7-15(19-3)8-6-14/h5-8,11,16H,4,9-10H2,1-3H3. The van der Waals surface area contributed by atoms with Gasteiger partial charge in [0.1, 0.15) is 5.75 Å². The summed E-state index contributed by atoms with van der Waals surface area (Å²) in [7, 11) is 1.67. The summed E-state index contributed by atoms with van der Waals surface area (Å²) in [5.74, 6) is 0.860. The third-order valence-electron chi connectivity index (χ3n) is 3.17. The fourth-order valence-electron chi connectivity index (χ4n) is 2.00. The summed E-state index contributed by atoms with van der Waals surface area (Å²) in [5, 5.41) is 7.86. The van der Waals surface area contributed by atoms with Crippen LogP contribution >= 0.6 is 0 Å². The Labute approximate surface area is 114 Å². The maximum Gasteiger partial charge on any atom is 0.119 e. The van der Waals surface area contributed by atoms with Gasteiger partial charge in [-0.1, -0.05) is 6.92 Å². The molecule has 2 rings (SSSR count). The normalized spacial score (nSPS) is 10.7. The third kappa shape index (κ3) is 3.15. The third-order valence-corrected chi connectivity index (χ3v) is 3.17. The van der Waals surface area contributed by atoms with E-state index in [1.165, 1.54) is 11.3 Å². The topological polar surface area (TPSA) is 39.1 Å². The number of aromatic nitrogens is 2. The monoisotopic (exact) mass is 259 g/mol. The largest absolute Gasteiger partial charge is 0.497 e. The molecule has 0 radical (unpaired) electrons. The number of benzene rings is 1. The summed E-state index contributed by atoms with van der Waals surface area (Å²) in [6.07, 6.45) is 3.08. The molecule has 0 aliphatic rings. The van der Waals surface area contributed by atoms with Crippen molar-refractivity contribution in [3.8, 4) is 11.4 Å². The van der Waals surface area contributed by atoms with E-state index in [4.69, 9.17) is 4.74 Å². The van der Waals surface area contributed by atoms with Gasteiger partial charge in [0.2, 0.25) is 0 Å². The van der Waals surface area contributed by atoms with Gasteiger partial charge in [0.05, 0.1) is 19.0 Å². The number of ether oxygens (including phenoxy) is 1. The lowest BCUT2D eigenvalue weighted by Crippen LogP contribution is -2.14. The Balaban J connectivity index is 2.15. The Kier molecular flexibility index (Phi) is 4.58.